The molecule has 17 heavy (non-hydrogen) atoms. The first-order valence-electron chi connectivity index (χ1n) is 6.03. The number of aromatic nitrogens is 3. The highest BCUT2D eigenvalue weighted by Crippen LogP contribution is 2.40. The molecule has 3 rings (SSSR count). The molecule has 3 nitrogen and oxygen atoms in total. The van der Waals surface area contributed by atoms with Crippen LogP contribution in [0.2, 0.25) is 0 Å². The van der Waals surface area contributed by atoms with Gasteiger partial charge >= 0.3 is 0 Å². The molecule has 1 atom stereocenters. The molecule has 0 aromatic carbocycles. The molecule has 0 bridgehead atoms. The Balaban J connectivity index is 2.13. The number of fused-ring (bicyclic) bond motifs is 1. The second-order valence-corrected chi connectivity index (χ2v) is 4.51. The summed E-state index contributed by atoms with van der Waals surface area (Å²) in [4.78, 5) is 13.4. The van der Waals surface area contributed by atoms with Gasteiger partial charge < -0.3 is 0 Å². The van der Waals surface area contributed by atoms with Crippen LogP contribution in [0.15, 0.2) is 30.1 Å². The molecule has 86 valence electrons. The smallest absolute Gasteiger partial charge is 0.136 e. The molecular formula is C14H15N3. The number of aryl methyl sites for hydroxylation is 1. The maximum atomic E-state index is 4.64. The van der Waals surface area contributed by atoms with Crippen LogP contribution in [0, 0.1) is 6.92 Å². The van der Waals surface area contributed by atoms with Crippen molar-refractivity contribution in [3.8, 4) is 0 Å². The monoisotopic (exact) mass is 225 g/mol. The van der Waals surface area contributed by atoms with Crippen molar-refractivity contribution in [3.05, 3.63) is 41.6 Å². The minimum atomic E-state index is 0.434. The number of hydrogen-bond acceptors (Lipinski definition) is 3. The van der Waals surface area contributed by atoms with E-state index in [1.807, 2.05) is 19.2 Å². The molecule has 2 aromatic rings. The van der Waals surface area contributed by atoms with Crippen molar-refractivity contribution in [1.82, 2.24) is 15.0 Å². The van der Waals surface area contributed by atoms with E-state index in [0.717, 1.165) is 22.4 Å². The van der Waals surface area contributed by atoms with E-state index < -0.39 is 0 Å². The number of allylic oxidation sites excluding steroid dienone is 2. The van der Waals surface area contributed by atoms with Crippen molar-refractivity contribution in [1.29, 1.82) is 0 Å². The maximum absolute atomic E-state index is 4.64. The molecule has 1 aliphatic carbocycles. The predicted molar refractivity (Wildman–Crippen MR) is 67.8 cm³/mol. The third-order valence-corrected chi connectivity index (χ3v) is 3.56. The molecule has 2 aromatic heterocycles. The lowest BCUT2D eigenvalue weighted by Gasteiger charge is -2.28. The molecule has 1 aliphatic rings. The summed E-state index contributed by atoms with van der Waals surface area (Å²) in [6.07, 6.45) is 8.17. The van der Waals surface area contributed by atoms with Crippen LogP contribution in [0.3, 0.4) is 0 Å². The van der Waals surface area contributed by atoms with Gasteiger partial charge in [0.1, 0.15) is 5.82 Å². The Kier molecular flexibility index (Phi) is 2.39. The largest absolute Gasteiger partial charge is 0.262 e. The van der Waals surface area contributed by atoms with Crippen molar-refractivity contribution < 1.29 is 0 Å². The van der Waals surface area contributed by atoms with Crippen LogP contribution >= 0.6 is 0 Å². The van der Waals surface area contributed by atoms with E-state index in [9.17, 15) is 0 Å². The van der Waals surface area contributed by atoms with E-state index in [1.165, 1.54) is 18.4 Å². The minimum Gasteiger partial charge on any atom is -0.262 e. The van der Waals surface area contributed by atoms with Gasteiger partial charge in [-0.05, 0) is 32.8 Å². The van der Waals surface area contributed by atoms with Crippen molar-refractivity contribution in [2.24, 2.45) is 0 Å². The number of hydrogen-bond donors (Lipinski definition) is 0. The Labute approximate surface area is 101 Å². The SMILES string of the molecule is C/C=C1\CCC1c1nc(C)c2ccncc2n1. The lowest BCUT2D eigenvalue weighted by molar-refractivity contribution is 0.536. The Morgan fingerprint density at radius 3 is 2.94 bits per heavy atom. The van der Waals surface area contributed by atoms with Gasteiger partial charge in [0.15, 0.2) is 0 Å². The topological polar surface area (TPSA) is 38.7 Å². The van der Waals surface area contributed by atoms with Crippen LogP contribution in [0.4, 0.5) is 0 Å². The summed E-state index contributed by atoms with van der Waals surface area (Å²) in [5.41, 5.74) is 3.47. The van der Waals surface area contributed by atoms with E-state index >= 15 is 0 Å². The average molecular weight is 225 g/mol. The molecule has 1 fully saturated rings. The van der Waals surface area contributed by atoms with Gasteiger partial charge in [0.25, 0.3) is 0 Å². The molecular weight excluding hydrogens is 210 g/mol. The first-order chi connectivity index (χ1) is 8.29. The highest BCUT2D eigenvalue weighted by Gasteiger charge is 2.27. The molecule has 0 radical (unpaired) electrons. The first-order valence-corrected chi connectivity index (χ1v) is 6.03. The molecule has 0 aliphatic heterocycles. The Morgan fingerprint density at radius 2 is 2.24 bits per heavy atom. The Hall–Kier alpha value is -1.77. The fourth-order valence-corrected chi connectivity index (χ4v) is 2.41. The van der Waals surface area contributed by atoms with E-state index in [2.05, 4.69) is 28.0 Å². The zero-order chi connectivity index (χ0) is 11.8. The van der Waals surface area contributed by atoms with Crippen molar-refractivity contribution in [3.63, 3.8) is 0 Å². The van der Waals surface area contributed by atoms with E-state index in [0.29, 0.717) is 5.92 Å². The standard InChI is InChI=1S/C14H15N3/c1-3-10-4-5-12(10)14-16-9(2)11-6-7-15-8-13(11)17-14/h3,6-8,12H,4-5H2,1-2H3/b10-3+. The Bertz CT molecular complexity index is 601. The Morgan fingerprint density at radius 1 is 1.35 bits per heavy atom. The molecule has 0 saturated heterocycles. The minimum absolute atomic E-state index is 0.434. The van der Waals surface area contributed by atoms with E-state index in [-0.39, 0.29) is 0 Å². The number of rotatable bonds is 1. The molecule has 0 amide bonds. The highest BCUT2D eigenvalue weighted by atomic mass is 14.9. The molecule has 1 unspecified atom stereocenters. The van der Waals surface area contributed by atoms with Crippen LogP contribution in [0.5, 0.6) is 0 Å². The van der Waals surface area contributed by atoms with Crippen LogP contribution in [0.25, 0.3) is 10.9 Å². The van der Waals surface area contributed by atoms with Crippen molar-refractivity contribution >= 4 is 10.9 Å². The summed E-state index contributed by atoms with van der Waals surface area (Å²) in [5, 5.41) is 1.10. The van der Waals surface area contributed by atoms with Crippen molar-refractivity contribution in [2.75, 3.05) is 0 Å². The summed E-state index contributed by atoms with van der Waals surface area (Å²) < 4.78 is 0. The van der Waals surface area contributed by atoms with Gasteiger partial charge in [-0.25, -0.2) is 9.97 Å². The summed E-state index contributed by atoms with van der Waals surface area (Å²) >= 11 is 0. The second-order valence-electron chi connectivity index (χ2n) is 4.51. The quantitative estimate of drug-likeness (QED) is 0.700. The third kappa shape index (κ3) is 1.62. The lowest BCUT2D eigenvalue weighted by atomic mass is 9.78. The molecule has 0 spiro atoms. The van der Waals surface area contributed by atoms with Gasteiger partial charge in [-0.1, -0.05) is 11.6 Å². The molecule has 3 heteroatoms. The molecule has 0 N–H and O–H groups in total. The number of nitrogens with zero attached hydrogens (tertiary/aromatic N) is 3. The van der Waals surface area contributed by atoms with Gasteiger partial charge in [0.2, 0.25) is 0 Å². The summed E-state index contributed by atoms with van der Waals surface area (Å²) in [5.74, 6) is 1.39. The maximum Gasteiger partial charge on any atom is 0.136 e. The van der Waals surface area contributed by atoms with Crippen molar-refractivity contribution in [2.45, 2.75) is 32.6 Å². The summed E-state index contributed by atoms with van der Waals surface area (Å²) in [6.45, 7) is 4.14. The van der Waals surface area contributed by atoms with Crippen LogP contribution in [-0.2, 0) is 0 Å². The van der Waals surface area contributed by atoms with E-state index in [1.54, 1.807) is 6.20 Å². The van der Waals surface area contributed by atoms with Crippen LogP contribution in [0.1, 0.15) is 37.2 Å². The lowest BCUT2D eigenvalue weighted by Crippen LogP contribution is -2.17. The van der Waals surface area contributed by atoms with Gasteiger partial charge in [0, 0.05) is 23.2 Å². The number of pyridine rings is 1. The van der Waals surface area contributed by atoms with Gasteiger partial charge in [-0.2, -0.15) is 0 Å². The van der Waals surface area contributed by atoms with E-state index in [4.69, 9.17) is 0 Å². The predicted octanol–water partition coefficient (Wildman–Crippen LogP) is 3.16. The summed E-state index contributed by atoms with van der Waals surface area (Å²) in [6, 6.07) is 1.98. The third-order valence-electron chi connectivity index (χ3n) is 3.56. The zero-order valence-corrected chi connectivity index (χ0v) is 10.1. The van der Waals surface area contributed by atoms with Gasteiger partial charge in [-0.3, -0.25) is 4.98 Å². The molecule has 1 saturated carbocycles. The highest BCUT2D eigenvalue weighted by molar-refractivity contribution is 5.79. The van der Waals surface area contributed by atoms with Gasteiger partial charge in [-0.15, -0.1) is 0 Å². The molecule has 2 heterocycles. The zero-order valence-electron chi connectivity index (χ0n) is 10.1. The summed E-state index contributed by atoms with van der Waals surface area (Å²) in [7, 11) is 0. The first kappa shape index (κ1) is 10.4. The van der Waals surface area contributed by atoms with Crippen LogP contribution in [-0.4, -0.2) is 15.0 Å². The van der Waals surface area contributed by atoms with Gasteiger partial charge in [0.05, 0.1) is 11.7 Å². The van der Waals surface area contributed by atoms with Crippen LogP contribution < -0.4 is 0 Å². The fourth-order valence-electron chi connectivity index (χ4n) is 2.41. The average Bonchev–Trinajstić information content (AvgIpc) is 2.28. The normalized spacial score (nSPS) is 21.8. The fraction of sp³-hybridized carbons (Fsp3) is 0.357. The second kappa shape index (κ2) is 3.91.